The van der Waals surface area contributed by atoms with Crippen LogP contribution in [0.15, 0.2) is 12.7 Å². The summed E-state index contributed by atoms with van der Waals surface area (Å²) >= 11 is 0. The minimum absolute atomic E-state index is 0.0804. The number of nitrogens with zero attached hydrogens (tertiary/aromatic N) is 1. The molecule has 2 rings (SSSR count). The zero-order chi connectivity index (χ0) is 17.1. The number of carbonyl (C=O) groups excluding carboxylic acids is 1. The van der Waals surface area contributed by atoms with Crippen molar-refractivity contribution < 1.29 is 29.8 Å². The fourth-order valence-corrected chi connectivity index (χ4v) is 2.87. The second-order valence-corrected chi connectivity index (χ2v) is 5.22. The van der Waals surface area contributed by atoms with E-state index in [1.165, 1.54) is 0 Å². The Morgan fingerprint density at radius 2 is 2.09 bits per heavy atom. The molecule has 3 N–H and O–H groups in total. The van der Waals surface area contributed by atoms with Crippen molar-refractivity contribution in [1.82, 2.24) is 4.90 Å². The van der Waals surface area contributed by atoms with Gasteiger partial charge in [-0.05, 0) is 42.7 Å². The Balaban J connectivity index is 0.000000284. The Kier molecular flexibility index (Phi) is 9.28. The van der Waals surface area contributed by atoms with Crippen LogP contribution in [0.5, 0.6) is 0 Å². The molecule has 2 heterocycles. The highest BCUT2D eigenvalue weighted by Crippen LogP contribution is 2.35. The van der Waals surface area contributed by atoms with E-state index in [2.05, 4.69) is 33.4 Å². The maximum atomic E-state index is 11.7. The first-order chi connectivity index (χ1) is 11.1. The number of fused-ring (bicyclic) bond motifs is 2. The van der Waals surface area contributed by atoms with Gasteiger partial charge in [-0.15, -0.1) is 5.92 Å². The van der Waals surface area contributed by atoms with Crippen LogP contribution in [0, 0.1) is 11.8 Å². The molecule has 0 radical (unpaired) electrons. The first-order valence-corrected chi connectivity index (χ1v) is 7.44. The zero-order valence-corrected chi connectivity index (χ0v) is 13.3. The first-order valence-electron chi connectivity index (χ1n) is 7.44. The van der Waals surface area contributed by atoms with Crippen LogP contribution in [0.3, 0.4) is 0 Å². The van der Waals surface area contributed by atoms with Crippen molar-refractivity contribution in [2.24, 2.45) is 5.73 Å². The molecule has 2 saturated heterocycles. The van der Waals surface area contributed by atoms with Gasteiger partial charge in [0.2, 0.25) is 0 Å². The molecule has 1 unspecified atom stereocenters. The fraction of sp³-hybridized carbons (Fsp3) is 0.667. The number of nitrogens with two attached hydrogens (primary N) is 1. The van der Waals surface area contributed by atoms with Crippen LogP contribution in [0.2, 0.25) is 0 Å². The molecule has 8 heteroatoms. The number of amides is 1. The van der Waals surface area contributed by atoms with Gasteiger partial charge in [-0.2, -0.15) is 4.89 Å². The van der Waals surface area contributed by atoms with E-state index in [0.717, 1.165) is 25.7 Å². The lowest BCUT2D eigenvalue weighted by atomic mass is 9.99. The number of hydrogen-bond acceptors (Lipinski definition) is 7. The first kappa shape index (κ1) is 19.4. The number of piperidine rings is 1. The molecule has 130 valence electrons. The Hall–Kier alpha value is -1.63. The lowest BCUT2D eigenvalue weighted by molar-refractivity contribution is -0.620. The van der Waals surface area contributed by atoms with Crippen LogP contribution in [0.1, 0.15) is 32.6 Å². The predicted molar refractivity (Wildman–Crippen MR) is 81.6 cm³/mol. The van der Waals surface area contributed by atoms with Gasteiger partial charge in [-0.25, -0.2) is 10.1 Å². The molecule has 0 aromatic rings. The van der Waals surface area contributed by atoms with Crippen LogP contribution in [-0.4, -0.2) is 47.6 Å². The molecule has 0 aromatic heterocycles. The minimum Gasteiger partial charge on any atom is -0.445 e. The van der Waals surface area contributed by atoms with Crippen LogP contribution in [-0.2, 0) is 19.7 Å². The van der Waals surface area contributed by atoms with Crippen LogP contribution in [0.4, 0.5) is 4.79 Å². The second kappa shape index (κ2) is 11.0. The molecule has 0 aliphatic carbocycles. The lowest BCUT2D eigenvalue weighted by Gasteiger charge is -2.36. The summed E-state index contributed by atoms with van der Waals surface area (Å²) in [7, 11) is 0. The summed E-state index contributed by atoms with van der Waals surface area (Å²) in [6, 6.07) is 0.859. The number of ether oxygens (including phenoxy) is 1. The van der Waals surface area contributed by atoms with Crippen molar-refractivity contribution in [1.29, 1.82) is 0 Å². The largest absolute Gasteiger partial charge is 0.445 e. The normalized spacial score (nSPS) is 24.8. The molecule has 2 aliphatic heterocycles. The van der Waals surface area contributed by atoms with Gasteiger partial charge in [0.15, 0.2) is 0 Å². The van der Waals surface area contributed by atoms with E-state index < -0.39 is 0 Å². The summed E-state index contributed by atoms with van der Waals surface area (Å²) in [5, 5.41) is 14.2. The highest BCUT2D eigenvalue weighted by atomic mass is 17.6. The average Bonchev–Trinajstić information content (AvgIpc) is 2.82. The minimum atomic E-state index is -0.200. The summed E-state index contributed by atoms with van der Waals surface area (Å²) in [6.07, 6.45) is 5.37. The van der Waals surface area contributed by atoms with Gasteiger partial charge in [0.05, 0.1) is 0 Å². The van der Waals surface area contributed by atoms with Crippen LogP contribution in [0.25, 0.3) is 0 Å². The van der Waals surface area contributed by atoms with Gasteiger partial charge in [-0.1, -0.05) is 18.6 Å². The number of hydrogen-bond donors (Lipinski definition) is 2. The number of rotatable bonds is 5. The highest BCUT2D eigenvalue weighted by Gasteiger charge is 2.42. The third kappa shape index (κ3) is 6.56. The topological polar surface area (TPSA) is 103 Å². The van der Waals surface area contributed by atoms with Gasteiger partial charge in [0.1, 0.15) is 13.2 Å². The zero-order valence-electron chi connectivity index (χ0n) is 13.3. The van der Waals surface area contributed by atoms with E-state index in [1.807, 2.05) is 4.90 Å². The van der Waals surface area contributed by atoms with E-state index in [9.17, 15) is 4.79 Å². The van der Waals surface area contributed by atoms with E-state index >= 15 is 0 Å². The van der Waals surface area contributed by atoms with Crippen molar-refractivity contribution in [3.05, 3.63) is 12.7 Å². The van der Waals surface area contributed by atoms with E-state index in [-0.39, 0.29) is 18.7 Å². The van der Waals surface area contributed by atoms with Crippen molar-refractivity contribution in [3.63, 3.8) is 0 Å². The SMILES string of the molecule is C=CCOC(=O)N1[C@@H]2CC[C@H]1CC(N)C2.CC#CCOOOO. The molecule has 0 saturated carbocycles. The molecule has 2 bridgehead atoms. The maximum absolute atomic E-state index is 11.7. The summed E-state index contributed by atoms with van der Waals surface area (Å²) in [5.74, 6) is 5.03. The molecule has 2 fully saturated rings. The van der Waals surface area contributed by atoms with Gasteiger partial charge in [0.25, 0.3) is 0 Å². The predicted octanol–water partition coefficient (Wildman–Crippen LogP) is 1.63. The van der Waals surface area contributed by atoms with Crippen LogP contribution >= 0.6 is 0 Å². The summed E-state index contributed by atoms with van der Waals surface area (Å²) in [5.41, 5.74) is 5.92. The standard InChI is InChI=1S/C11H18N2O2.C4H6O4/c1-2-5-15-11(14)13-9-3-4-10(13)7-8(12)6-9;1-2-3-4-6-8-7-5/h2,8-10H,1,3-7,12H2;5H,4H2,1H3/t8?,9-,10+;. The third-order valence-corrected chi connectivity index (χ3v) is 3.69. The lowest BCUT2D eigenvalue weighted by Crippen LogP contribution is -2.50. The van der Waals surface area contributed by atoms with E-state index in [1.54, 1.807) is 13.0 Å². The Morgan fingerprint density at radius 3 is 2.61 bits per heavy atom. The molecule has 8 nitrogen and oxygen atoms in total. The van der Waals surface area contributed by atoms with Gasteiger partial charge in [-0.3, -0.25) is 0 Å². The quantitative estimate of drug-likeness (QED) is 0.260. The van der Waals surface area contributed by atoms with E-state index in [0.29, 0.717) is 18.7 Å². The second-order valence-electron chi connectivity index (χ2n) is 5.22. The van der Waals surface area contributed by atoms with Crippen molar-refractivity contribution in [2.75, 3.05) is 13.2 Å². The molecule has 3 atom stereocenters. The van der Waals surface area contributed by atoms with Crippen LogP contribution < -0.4 is 5.73 Å². The molecule has 0 spiro atoms. The van der Waals surface area contributed by atoms with Crippen molar-refractivity contribution >= 4 is 6.09 Å². The van der Waals surface area contributed by atoms with Gasteiger partial charge < -0.3 is 15.4 Å². The molecule has 23 heavy (non-hydrogen) atoms. The van der Waals surface area contributed by atoms with Crippen molar-refractivity contribution in [2.45, 2.75) is 50.7 Å². The highest BCUT2D eigenvalue weighted by molar-refractivity contribution is 5.69. The molecule has 2 aliphatic rings. The van der Waals surface area contributed by atoms with Crippen molar-refractivity contribution in [3.8, 4) is 11.8 Å². The molecule has 1 amide bonds. The third-order valence-electron chi connectivity index (χ3n) is 3.69. The van der Waals surface area contributed by atoms with Gasteiger partial charge >= 0.3 is 6.09 Å². The van der Waals surface area contributed by atoms with E-state index in [4.69, 9.17) is 15.7 Å². The summed E-state index contributed by atoms with van der Waals surface area (Å²) < 4.78 is 5.07. The Labute approximate surface area is 135 Å². The summed E-state index contributed by atoms with van der Waals surface area (Å²) in [4.78, 5) is 17.7. The molecule has 0 aromatic carbocycles. The smallest absolute Gasteiger partial charge is 0.410 e. The molecular weight excluding hydrogens is 304 g/mol. The maximum Gasteiger partial charge on any atom is 0.410 e. The Morgan fingerprint density at radius 1 is 1.43 bits per heavy atom. The fourth-order valence-electron chi connectivity index (χ4n) is 2.87. The number of carbonyl (C=O) groups is 1. The van der Waals surface area contributed by atoms with Gasteiger partial charge in [0, 0.05) is 18.1 Å². The average molecular weight is 328 g/mol. The summed E-state index contributed by atoms with van der Waals surface area (Å²) in [6.45, 7) is 5.56. The Bertz CT molecular complexity index is 419. The monoisotopic (exact) mass is 328 g/mol. The molecular formula is C15H24N2O6.